The standard InChI is InChI=1S/C14H15NO.C4H4O4/c15-10-12-6-4-5-7-13(12)11-16-14-8-2-1-3-9-14;5-3(6)1-2-4(7)8/h1-9H,10-11,15H2;1-2H,(H,5,6)(H,7,8)/b;2-1-. The van der Waals surface area contributed by atoms with Gasteiger partial charge in [0.2, 0.25) is 0 Å². The van der Waals surface area contributed by atoms with E-state index < -0.39 is 11.9 Å². The Hall–Kier alpha value is -3.12. The highest BCUT2D eigenvalue weighted by Crippen LogP contribution is 2.14. The van der Waals surface area contributed by atoms with Gasteiger partial charge in [-0.15, -0.1) is 0 Å². The van der Waals surface area contributed by atoms with E-state index in [0.29, 0.717) is 25.3 Å². The molecule has 126 valence electrons. The van der Waals surface area contributed by atoms with Gasteiger partial charge in [0.1, 0.15) is 12.4 Å². The van der Waals surface area contributed by atoms with Crippen LogP contribution in [0.25, 0.3) is 0 Å². The Bertz CT molecular complexity index is 667. The molecular formula is C18H19NO5. The highest BCUT2D eigenvalue weighted by atomic mass is 16.5. The molecule has 0 saturated carbocycles. The van der Waals surface area contributed by atoms with Crippen molar-refractivity contribution < 1.29 is 24.5 Å². The number of hydrogen-bond donors (Lipinski definition) is 3. The molecule has 6 heteroatoms. The van der Waals surface area contributed by atoms with Crippen molar-refractivity contribution in [3.05, 3.63) is 77.9 Å². The molecule has 0 aliphatic carbocycles. The maximum atomic E-state index is 9.55. The highest BCUT2D eigenvalue weighted by molar-refractivity contribution is 5.89. The van der Waals surface area contributed by atoms with E-state index in [9.17, 15) is 9.59 Å². The molecule has 0 aromatic heterocycles. The summed E-state index contributed by atoms with van der Waals surface area (Å²) in [7, 11) is 0. The number of carboxylic acids is 2. The van der Waals surface area contributed by atoms with Gasteiger partial charge < -0.3 is 20.7 Å². The molecule has 0 amide bonds. The quantitative estimate of drug-likeness (QED) is 0.702. The van der Waals surface area contributed by atoms with Crippen LogP contribution in [-0.4, -0.2) is 22.2 Å². The van der Waals surface area contributed by atoms with Crippen LogP contribution in [0.15, 0.2) is 66.7 Å². The summed E-state index contributed by atoms with van der Waals surface area (Å²) in [5.74, 6) is -1.63. The van der Waals surface area contributed by atoms with Crippen LogP contribution in [0.3, 0.4) is 0 Å². The van der Waals surface area contributed by atoms with E-state index in [4.69, 9.17) is 20.7 Å². The third kappa shape index (κ3) is 7.77. The summed E-state index contributed by atoms with van der Waals surface area (Å²) < 4.78 is 5.68. The van der Waals surface area contributed by atoms with Crippen molar-refractivity contribution in [3.63, 3.8) is 0 Å². The van der Waals surface area contributed by atoms with Gasteiger partial charge in [0.25, 0.3) is 0 Å². The van der Waals surface area contributed by atoms with E-state index >= 15 is 0 Å². The van der Waals surface area contributed by atoms with Crippen molar-refractivity contribution in [3.8, 4) is 5.75 Å². The first kappa shape index (κ1) is 18.9. The summed E-state index contributed by atoms with van der Waals surface area (Å²) in [5.41, 5.74) is 7.95. The number of ether oxygens (including phenoxy) is 1. The lowest BCUT2D eigenvalue weighted by molar-refractivity contribution is -0.134. The van der Waals surface area contributed by atoms with Gasteiger partial charge in [0, 0.05) is 18.7 Å². The summed E-state index contributed by atoms with van der Waals surface area (Å²) in [6.45, 7) is 1.12. The van der Waals surface area contributed by atoms with Crippen LogP contribution < -0.4 is 10.5 Å². The van der Waals surface area contributed by atoms with Gasteiger partial charge in [0.05, 0.1) is 0 Å². The van der Waals surface area contributed by atoms with Crippen LogP contribution in [0.1, 0.15) is 11.1 Å². The number of carbonyl (C=O) groups is 2. The number of nitrogens with two attached hydrogens (primary N) is 1. The van der Waals surface area contributed by atoms with E-state index in [1.165, 1.54) is 0 Å². The Morgan fingerprint density at radius 2 is 1.38 bits per heavy atom. The van der Waals surface area contributed by atoms with Crippen LogP contribution in [-0.2, 0) is 22.7 Å². The lowest BCUT2D eigenvalue weighted by Gasteiger charge is -2.09. The van der Waals surface area contributed by atoms with E-state index in [-0.39, 0.29) is 0 Å². The average molecular weight is 329 g/mol. The maximum Gasteiger partial charge on any atom is 0.328 e. The Kier molecular flexibility index (Phi) is 8.34. The van der Waals surface area contributed by atoms with E-state index in [2.05, 4.69) is 0 Å². The third-order valence-corrected chi connectivity index (χ3v) is 2.84. The molecule has 0 spiro atoms. The fourth-order valence-corrected chi connectivity index (χ4v) is 1.72. The molecule has 0 aliphatic heterocycles. The van der Waals surface area contributed by atoms with Gasteiger partial charge in [-0.25, -0.2) is 9.59 Å². The van der Waals surface area contributed by atoms with Crippen molar-refractivity contribution in [1.29, 1.82) is 0 Å². The second kappa shape index (κ2) is 10.6. The minimum Gasteiger partial charge on any atom is -0.489 e. The van der Waals surface area contributed by atoms with E-state index in [1.54, 1.807) is 0 Å². The molecule has 0 bridgehead atoms. The molecule has 2 rings (SSSR count). The monoisotopic (exact) mass is 329 g/mol. The summed E-state index contributed by atoms with van der Waals surface area (Å²) >= 11 is 0. The SMILES string of the molecule is NCc1ccccc1COc1ccccc1.O=C(O)/C=C\C(=O)O. The first-order valence-corrected chi connectivity index (χ1v) is 7.11. The number of carboxylic acid groups (broad SMARTS) is 2. The van der Waals surface area contributed by atoms with Crippen molar-refractivity contribution in [2.75, 3.05) is 0 Å². The van der Waals surface area contributed by atoms with Gasteiger partial charge in [-0.2, -0.15) is 0 Å². The molecule has 4 N–H and O–H groups in total. The molecule has 0 aliphatic rings. The number of hydrogen-bond acceptors (Lipinski definition) is 4. The number of aliphatic carboxylic acids is 2. The molecule has 0 fully saturated rings. The first-order chi connectivity index (χ1) is 11.5. The zero-order chi connectivity index (χ0) is 17.8. The lowest BCUT2D eigenvalue weighted by atomic mass is 10.1. The highest BCUT2D eigenvalue weighted by Gasteiger charge is 2.00. The van der Waals surface area contributed by atoms with Crippen LogP contribution in [0, 0.1) is 0 Å². The molecule has 0 heterocycles. The minimum absolute atomic E-state index is 0.550. The third-order valence-electron chi connectivity index (χ3n) is 2.84. The van der Waals surface area contributed by atoms with Crippen LogP contribution >= 0.6 is 0 Å². The molecule has 2 aromatic rings. The summed E-state index contributed by atoms with van der Waals surface area (Å²) in [6, 6.07) is 17.9. The van der Waals surface area contributed by atoms with Crippen LogP contribution in [0.4, 0.5) is 0 Å². The Balaban J connectivity index is 0.000000307. The van der Waals surface area contributed by atoms with Gasteiger partial charge in [-0.05, 0) is 23.3 Å². The smallest absolute Gasteiger partial charge is 0.328 e. The maximum absolute atomic E-state index is 9.55. The van der Waals surface area contributed by atoms with Gasteiger partial charge in [-0.1, -0.05) is 42.5 Å². The molecule has 2 aromatic carbocycles. The Morgan fingerprint density at radius 3 is 1.88 bits per heavy atom. The molecule has 6 nitrogen and oxygen atoms in total. The average Bonchev–Trinajstić information content (AvgIpc) is 2.60. The lowest BCUT2D eigenvalue weighted by Crippen LogP contribution is -2.04. The second-order valence-electron chi connectivity index (χ2n) is 4.58. The number of benzene rings is 2. The largest absolute Gasteiger partial charge is 0.489 e. The zero-order valence-corrected chi connectivity index (χ0v) is 13.0. The normalized spacial score (nSPS) is 9.88. The van der Waals surface area contributed by atoms with Crippen molar-refractivity contribution in [2.45, 2.75) is 13.2 Å². The summed E-state index contributed by atoms with van der Waals surface area (Å²) in [5, 5.41) is 15.6. The fraction of sp³-hybridized carbons (Fsp3) is 0.111. The number of rotatable bonds is 6. The van der Waals surface area contributed by atoms with Crippen LogP contribution in [0.5, 0.6) is 5.75 Å². The predicted octanol–water partition coefficient (Wildman–Crippen LogP) is 2.44. The second-order valence-corrected chi connectivity index (χ2v) is 4.58. The molecular weight excluding hydrogens is 310 g/mol. The van der Waals surface area contributed by atoms with Crippen LogP contribution in [0.2, 0.25) is 0 Å². The van der Waals surface area contributed by atoms with Gasteiger partial charge in [0.15, 0.2) is 0 Å². The predicted molar refractivity (Wildman–Crippen MR) is 89.5 cm³/mol. The molecule has 0 unspecified atom stereocenters. The van der Waals surface area contributed by atoms with E-state index in [1.807, 2.05) is 54.6 Å². The molecule has 24 heavy (non-hydrogen) atoms. The summed E-state index contributed by atoms with van der Waals surface area (Å²) in [4.78, 5) is 19.1. The molecule has 0 radical (unpaired) electrons. The topological polar surface area (TPSA) is 110 Å². The zero-order valence-electron chi connectivity index (χ0n) is 13.0. The molecule has 0 saturated heterocycles. The van der Waals surface area contributed by atoms with Crippen molar-refractivity contribution >= 4 is 11.9 Å². The minimum atomic E-state index is -1.26. The first-order valence-electron chi connectivity index (χ1n) is 7.11. The Morgan fingerprint density at radius 1 is 0.875 bits per heavy atom. The van der Waals surface area contributed by atoms with Gasteiger partial charge >= 0.3 is 11.9 Å². The van der Waals surface area contributed by atoms with Crippen molar-refractivity contribution in [2.24, 2.45) is 5.73 Å². The van der Waals surface area contributed by atoms with Gasteiger partial charge in [-0.3, -0.25) is 0 Å². The molecule has 0 atom stereocenters. The number of para-hydroxylation sites is 1. The Labute approximate surface area is 139 Å². The van der Waals surface area contributed by atoms with Crippen molar-refractivity contribution in [1.82, 2.24) is 0 Å². The summed E-state index contributed by atoms with van der Waals surface area (Å²) in [6.07, 6.45) is 1.12. The fourth-order valence-electron chi connectivity index (χ4n) is 1.72. The van der Waals surface area contributed by atoms with E-state index in [0.717, 1.165) is 16.9 Å².